The predicted molar refractivity (Wildman–Crippen MR) is 125 cm³/mol. The number of hydrogen-bond donors (Lipinski definition) is 3. The minimum Gasteiger partial charge on any atom is -0.493 e. The molecule has 0 spiro atoms. The Balaban J connectivity index is 1.30. The fraction of sp³-hybridized carbons (Fsp3) is 0.333. The molecule has 1 aromatic heterocycles. The van der Waals surface area contributed by atoms with E-state index in [1.54, 1.807) is 16.9 Å². The Morgan fingerprint density at radius 2 is 1.83 bits per heavy atom. The zero-order valence-corrected chi connectivity index (χ0v) is 19.0. The van der Waals surface area contributed by atoms with E-state index in [1.165, 1.54) is 18.2 Å². The first-order valence-corrected chi connectivity index (χ1v) is 11.3. The third kappa shape index (κ3) is 5.29. The number of hydrogen-bond acceptors (Lipinski definition) is 6. The highest BCUT2D eigenvalue weighted by atomic mass is 19.3. The van der Waals surface area contributed by atoms with Gasteiger partial charge in [0.15, 0.2) is 11.5 Å². The number of carbonyl (C=O) groups is 1. The molecule has 2 aliphatic heterocycles. The van der Waals surface area contributed by atoms with Crippen LogP contribution in [0, 0.1) is 5.92 Å². The van der Waals surface area contributed by atoms with Crippen molar-refractivity contribution in [2.45, 2.75) is 19.1 Å². The van der Waals surface area contributed by atoms with E-state index in [0.717, 1.165) is 37.2 Å². The number of piperidine rings is 1. The molecule has 3 heterocycles. The molecule has 184 valence electrons. The molecule has 3 aromatic rings. The molecule has 0 saturated carbocycles. The molecule has 1 fully saturated rings. The van der Waals surface area contributed by atoms with Gasteiger partial charge in [0, 0.05) is 36.2 Å². The molecular weight excluding hydrogens is 460 g/mol. The van der Waals surface area contributed by atoms with Crippen LogP contribution in [0.1, 0.15) is 12.8 Å². The topological polar surface area (TPSA) is 98.7 Å². The number of anilines is 2. The molecule has 0 atom stereocenters. The normalized spacial score (nSPS) is 16.7. The minimum atomic E-state index is -3.72. The van der Waals surface area contributed by atoms with Crippen LogP contribution >= 0.6 is 0 Å². The van der Waals surface area contributed by atoms with Crippen LogP contribution < -0.4 is 30.2 Å². The second-order valence-electron chi connectivity index (χ2n) is 8.46. The van der Waals surface area contributed by atoms with Gasteiger partial charge >= 0.3 is 12.3 Å². The zero-order chi connectivity index (χ0) is 24.4. The molecule has 0 bridgehead atoms. The van der Waals surface area contributed by atoms with Crippen LogP contribution in [-0.2, 0) is 7.05 Å². The van der Waals surface area contributed by atoms with E-state index in [2.05, 4.69) is 30.5 Å². The number of nitrogens with one attached hydrogen (secondary N) is 3. The molecule has 0 radical (unpaired) electrons. The van der Waals surface area contributed by atoms with Gasteiger partial charge in [-0.15, -0.1) is 8.78 Å². The number of halogens is 2. The van der Waals surface area contributed by atoms with Gasteiger partial charge < -0.3 is 30.2 Å². The van der Waals surface area contributed by atoms with E-state index in [0.29, 0.717) is 24.0 Å². The SMILES string of the molecule is Cn1nccc1-c1cc(NC(=O)Nc2ccc3c(c2)OC(F)(F)O3)ccc1OCC1CCNCC1. The monoisotopic (exact) mass is 485 g/mol. The van der Waals surface area contributed by atoms with Crippen molar-refractivity contribution in [3.05, 3.63) is 48.7 Å². The van der Waals surface area contributed by atoms with Gasteiger partial charge in [0.05, 0.1) is 12.3 Å². The summed E-state index contributed by atoms with van der Waals surface area (Å²) in [5.74, 6) is 0.944. The fourth-order valence-electron chi connectivity index (χ4n) is 4.15. The summed E-state index contributed by atoms with van der Waals surface area (Å²) in [5, 5.41) is 13.0. The first-order chi connectivity index (χ1) is 16.9. The summed E-state index contributed by atoms with van der Waals surface area (Å²) in [6.45, 7) is 2.60. The van der Waals surface area contributed by atoms with Crippen LogP contribution in [0.5, 0.6) is 17.2 Å². The average Bonchev–Trinajstić information content (AvgIpc) is 3.39. The zero-order valence-electron chi connectivity index (χ0n) is 19.0. The van der Waals surface area contributed by atoms with Gasteiger partial charge in [-0.1, -0.05) is 0 Å². The lowest BCUT2D eigenvalue weighted by Crippen LogP contribution is -2.30. The van der Waals surface area contributed by atoms with E-state index < -0.39 is 12.3 Å². The van der Waals surface area contributed by atoms with Gasteiger partial charge in [-0.25, -0.2) is 4.79 Å². The van der Waals surface area contributed by atoms with Crippen LogP contribution in [0.15, 0.2) is 48.7 Å². The second kappa shape index (κ2) is 9.41. The largest absolute Gasteiger partial charge is 0.586 e. The molecule has 35 heavy (non-hydrogen) atoms. The smallest absolute Gasteiger partial charge is 0.493 e. The lowest BCUT2D eigenvalue weighted by atomic mass is 9.99. The Bertz CT molecular complexity index is 1230. The van der Waals surface area contributed by atoms with Crippen molar-refractivity contribution >= 4 is 17.4 Å². The molecule has 2 aromatic carbocycles. The number of aromatic nitrogens is 2. The van der Waals surface area contributed by atoms with Gasteiger partial charge in [-0.3, -0.25) is 4.68 Å². The number of carbonyl (C=O) groups excluding carboxylic acids is 1. The predicted octanol–water partition coefficient (Wildman–Crippen LogP) is 4.43. The summed E-state index contributed by atoms with van der Waals surface area (Å²) < 4.78 is 43.2. The van der Waals surface area contributed by atoms with Gasteiger partial charge in [0.2, 0.25) is 0 Å². The van der Waals surface area contributed by atoms with E-state index in [1.807, 2.05) is 25.2 Å². The van der Waals surface area contributed by atoms with E-state index >= 15 is 0 Å². The van der Waals surface area contributed by atoms with Crippen LogP contribution in [0.4, 0.5) is 25.0 Å². The lowest BCUT2D eigenvalue weighted by molar-refractivity contribution is -0.286. The molecule has 2 amide bonds. The number of urea groups is 1. The van der Waals surface area contributed by atoms with E-state index in [-0.39, 0.29) is 17.2 Å². The van der Waals surface area contributed by atoms with Crippen molar-refractivity contribution in [2.24, 2.45) is 13.0 Å². The number of aryl methyl sites for hydroxylation is 1. The van der Waals surface area contributed by atoms with E-state index in [4.69, 9.17) is 4.74 Å². The number of alkyl halides is 2. The molecule has 2 aliphatic rings. The first kappa shape index (κ1) is 22.9. The number of fused-ring (bicyclic) bond motifs is 1. The van der Waals surface area contributed by atoms with Crippen molar-refractivity contribution in [3.8, 4) is 28.5 Å². The highest BCUT2D eigenvalue weighted by molar-refractivity contribution is 6.00. The fourth-order valence-corrected chi connectivity index (χ4v) is 4.15. The van der Waals surface area contributed by atoms with Gasteiger partial charge in [0.25, 0.3) is 0 Å². The maximum absolute atomic E-state index is 13.2. The Kier molecular flexibility index (Phi) is 6.16. The standard InChI is InChI=1S/C24H25F2N5O4/c1-31-19(8-11-28-31)18-12-16(2-4-20(18)33-14-15-6-9-27-10-7-15)29-23(32)30-17-3-5-21-22(13-17)35-24(25,26)34-21/h2-5,8,11-13,15,27H,6-7,9-10,14H2,1H3,(H2,29,30,32). The second-order valence-corrected chi connectivity index (χ2v) is 8.46. The summed E-state index contributed by atoms with van der Waals surface area (Å²) in [6, 6.07) is 10.7. The molecule has 3 N–H and O–H groups in total. The number of ether oxygens (including phenoxy) is 3. The maximum Gasteiger partial charge on any atom is 0.586 e. The van der Waals surface area contributed by atoms with Crippen LogP contribution in [0.2, 0.25) is 0 Å². The van der Waals surface area contributed by atoms with Crippen LogP contribution in [0.3, 0.4) is 0 Å². The van der Waals surface area contributed by atoms with Gasteiger partial charge in [0.1, 0.15) is 5.75 Å². The van der Waals surface area contributed by atoms with Crippen molar-refractivity contribution in [1.29, 1.82) is 0 Å². The quantitative estimate of drug-likeness (QED) is 0.478. The Hall–Kier alpha value is -3.86. The van der Waals surface area contributed by atoms with Crippen molar-refractivity contribution in [1.82, 2.24) is 15.1 Å². The summed E-state index contributed by atoms with van der Waals surface area (Å²) in [7, 11) is 1.84. The molecule has 5 rings (SSSR count). The summed E-state index contributed by atoms with van der Waals surface area (Å²) in [6.07, 6.45) is 0.113. The highest BCUT2D eigenvalue weighted by Gasteiger charge is 2.43. The molecule has 0 unspecified atom stereocenters. The molecule has 9 nitrogen and oxygen atoms in total. The first-order valence-electron chi connectivity index (χ1n) is 11.3. The van der Waals surface area contributed by atoms with Crippen LogP contribution in [0.25, 0.3) is 11.3 Å². The minimum absolute atomic E-state index is 0.0955. The van der Waals surface area contributed by atoms with Crippen molar-refractivity contribution in [3.63, 3.8) is 0 Å². The van der Waals surface area contributed by atoms with Gasteiger partial charge in [-0.2, -0.15) is 5.10 Å². The summed E-state index contributed by atoms with van der Waals surface area (Å²) in [5.41, 5.74) is 2.43. The third-order valence-electron chi connectivity index (χ3n) is 5.93. The third-order valence-corrected chi connectivity index (χ3v) is 5.93. The summed E-state index contributed by atoms with van der Waals surface area (Å²) >= 11 is 0. The highest BCUT2D eigenvalue weighted by Crippen LogP contribution is 2.42. The summed E-state index contributed by atoms with van der Waals surface area (Å²) in [4.78, 5) is 12.6. The Morgan fingerprint density at radius 1 is 1.11 bits per heavy atom. The molecule has 0 aliphatic carbocycles. The number of amides is 2. The average molecular weight is 485 g/mol. The maximum atomic E-state index is 13.2. The van der Waals surface area contributed by atoms with Crippen molar-refractivity contribution in [2.75, 3.05) is 30.3 Å². The Morgan fingerprint density at radius 3 is 2.57 bits per heavy atom. The van der Waals surface area contributed by atoms with Crippen molar-refractivity contribution < 1.29 is 27.8 Å². The van der Waals surface area contributed by atoms with Crippen LogP contribution in [-0.4, -0.2) is 41.8 Å². The van der Waals surface area contributed by atoms with Gasteiger partial charge in [-0.05, 0) is 68.2 Å². The molecular formula is C24H25F2N5O4. The number of nitrogens with zero attached hydrogens (tertiary/aromatic N) is 2. The lowest BCUT2D eigenvalue weighted by Gasteiger charge is -2.23. The molecule has 1 saturated heterocycles. The number of rotatable bonds is 6. The number of benzene rings is 2. The Labute approximate surface area is 200 Å². The van der Waals surface area contributed by atoms with E-state index in [9.17, 15) is 13.6 Å². The molecule has 11 heteroatoms.